The maximum atomic E-state index is 5.39. The van der Waals surface area contributed by atoms with E-state index in [0.29, 0.717) is 6.04 Å². The average molecular weight is 215 g/mol. The van der Waals surface area contributed by atoms with Gasteiger partial charge in [0.25, 0.3) is 0 Å². The van der Waals surface area contributed by atoms with Crippen molar-refractivity contribution >= 4 is 0 Å². The first-order chi connectivity index (χ1) is 6.99. The summed E-state index contributed by atoms with van der Waals surface area (Å²) >= 11 is 0. The summed E-state index contributed by atoms with van der Waals surface area (Å²) in [5.74, 6) is 2.25. The summed E-state index contributed by atoms with van der Waals surface area (Å²) in [6, 6.07) is 0.463. The fourth-order valence-electron chi connectivity index (χ4n) is 1.93. The molecule has 2 nitrogen and oxygen atoms in total. The molecule has 0 aromatic heterocycles. The van der Waals surface area contributed by atoms with Crippen LogP contribution >= 0.6 is 0 Å². The molecule has 0 aromatic carbocycles. The van der Waals surface area contributed by atoms with Crippen molar-refractivity contribution in [2.24, 2.45) is 17.8 Å². The highest BCUT2D eigenvalue weighted by molar-refractivity contribution is 4.71. The van der Waals surface area contributed by atoms with Gasteiger partial charge in [-0.05, 0) is 38.1 Å². The maximum Gasteiger partial charge on any atom is 0.0616 e. The second-order valence-corrected chi connectivity index (χ2v) is 5.12. The Bertz CT molecular complexity index is 137. The van der Waals surface area contributed by atoms with Gasteiger partial charge in [-0.3, -0.25) is 0 Å². The first-order valence-corrected chi connectivity index (χ1v) is 6.30. The number of hydrogen-bond donors (Lipinski definition) is 1. The minimum Gasteiger partial charge on any atom is -0.380 e. The number of ether oxygens (including phenoxy) is 1. The molecule has 2 heteroatoms. The lowest BCUT2D eigenvalue weighted by molar-refractivity contribution is 0.123. The Morgan fingerprint density at radius 1 is 1.00 bits per heavy atom. The van der Waals surface area contributed by atoms with E-state index >= 15 is 0 Å². The van der Waals surface area contributed by atoms with Crippen LogP contribution in [0.2, 0.25) is 0 Å². The van der Waals surface area contributed by atoms with E-state index in [1.165, 1.54) is 0 Å². The van der Waals surface area contributed by atoms with Gasteiger partial charge in [0.15, 0.2) is 0 Å². The summed E-state index contributed by atoms with van der Waals surface area (Å²) < 4.78 is 5.39. The molecular formula is C13H29NO. The molecule has 0 aliphatic rings. The molecule has 1 atom stereocenters. The van der Waals surface area contributed by atoms with Gasteiger partial charge in [-0.25, -0.2) is 0 Å². The Morgan fingerprint density at radius 2 is 1.53 bits per heavy atom. The first kappa shape index (κ1) is 14.9. The van der Waals surface area contributed by atoms with Gasteiger partial charge in [0.2, 0.25) is 0 Å². The molecule has 0 aromatic rings. The fraction of sp³-hybridized carbons (Fsp3) is 1.00. The monoisotopic (exact) mass is 215 g/mol. The van der Waals surface area contributed by atoms with Crippen molar-refractivity contribution in [2.45, 2.75) is 47.6 Å². The van der Waals surface area contributed by atoms with E-state index < -0.39 is 0 Å². The molecule has 0 spiro atoms. The van der Waals surface area contributed by atoms with E-state index in [2.05, 4.69) is 39.9 Å². The molecule has 0 aliphatic heterocycles. The average Bonchev–Trinajstić information content (AvgIpc) is 2.13. The highest BCUT2D eigenvalue weighted by atomic mass is 16.5. The maximum absolute atomic E-state index is 5.39. The van der Waals surface area contributed by atoms with Gasteiger partial charge >= 0.3 is 0 Å². The smallest absolute Gasteiger partial charge is 0.0616 e. The van der Waals surface area contributed by atoms with Crippen LogP contribution in [0.1, 0.15) is 41.5 Å². The third kappa shape index (κ3) is 6.91. The Balaban J connectivity index is 3.78. The lowest BCUT2D eigenvalue weighted by Crippen LogP contribution is -2.37. The van der Waals surface area contributed by atoms with Gasteiger partial charge in [-0.15, -0.1) is 0 Å². The number of rotatable bonds is 8. The van der Waals surface area contributed by atoms with Crippen LogP contribution in [0.25, 0.3) is 0 Å². The molecule has 0 bridgehead atoms. The molecule has 15 heavy (non-hydrogen) atoms. The molecular weight excluding hydrogens is 186 g/mol. The van der Waals surface area contributed by atoms with Gasteiger partial charge in [0.1, 0.15) is 0 Å². The van der Waals surface area contributed by atoms with E-state index in [1.807, 2.05) is 6.92 Å². The zero-order valence-corrected chi connectivity index (χ0v) is 11.3. The van der Waals surface area contributed by atoms with E-state index in [1.54, 1.807) is 0 Å². The quantitative estimate of drug-likeness (QED) is 0.672. The van der Waals surface area contributed by atoms with Crippen molar-refractivity contribution < 1.29 is 4.74 Å². The molecule has 92 valence electrons. The minimum absolute atomic E-state index is 0.463. The Hall–Kier alpha value is -0.0800. The topological polar surface area (TPSA) is 21.3 Å². The van der Waals surface area contributed by atoms with Crippen LogP contribution in [0.5, 0.6) is 0 Å². The summed E-state index contributed by atoms with van der Waals surface area (Å²) in [4.78, 5) is 0. The standard InChI is InChI=1S/C13H29NO/c1-7-15-9-12(6)14-8-13(10(2)3)11(4)5/h10-14H,7-9H2,1-6H3. The molecule has 0 heterocycles. The largest absolute Gasteiger partial charge is 0.380 e. The third-order valence-electron chi connectivity index (χ3n) is 2.99. The second-order valence-electron chi connectivity index (χ2n) is 5.12. The van der Waals surface area contributed by atoms with Crippen LogP contribution in [-0.2, 0) is 4.74 Å². The second kappa shape index (κ2) is 8.12. The Kier molecular flexibility index (Phi) is 8.07. The zero-order valence-electron chi connectivity index (χ0n) is 11.3. The van der Waals surface area contributed by atoms with Crippen LogP contribution < -0.4 is 5.32 Å². The van der Waals surface area contributed by atoms with Crippen LogP contribution in [0, 0.1) is 17.8 Å². The van der Waals surface area contributed by atoms with E-state index in [0.717, 1.165) is 37.5 Å². The van der Waals surface area contributed by atoms with Crippen molar-refractivity contribution in [1.82, 2.24) is 5.32 Å². The SMILES string of the molecule is CCOCC(C)NCC(C(C)C)C(C)C. The van der Waals surface area contributed by atoms with Gasteiger partial charge in [-0.2, -0.15) is 0 Å². The van der Waals surface area contributed by atoms with Crippen LogP contribution in [0.15, 0.2) is 0 Å². The normalized spacial score (nSPS) is 14.2. The highest BCUT2D eigenvalue weighted by Crippen LogP contribution is 2.19. The molecule has 0 saturated carbocycles. The third-order valence-corrected chi connectivity index (χ3v) is 2.99. The lowest BCUT2D eigenvalue weighted by atomic mass is 9.85. The molecule has 0 aliphatic carbocycles. The zero-order chi connectivity index (χ0) is 11.8. The summed E-state index contributed by atoms with van der Waals surface area (Å²) in [6.07, 6.45) is 0. The highest BCUT2D eigenvalue weighted by Gasteiger charge is 2.17. The fourth-order valence-corrected chi connectivity index (χ4v) is 1.93. The summed E-state index contributed by atoms with van der Waals surface area (Å²) in [5, 5.41) is 3.56. The first-order valence-electron chi connectivity index (χ1n) is 6.30. The van der Waals surface area contributed by atoms with Gasteiger partial charge < -0.3 is 10.1 Å². The van der Waals surface area contributed by atoms with E-state index in [-0.39, 0.29) is 0 Å². The van der Waals surface area contributed by atoms with Gasteiger partial charge in [0.05, 0.1) is 6.61 Å². The van der Waals surface area contributed by atoms with Crippen molar-refractivity contribution in [1.29, 1.82) is 0 Å². The molecule has 0 fully saturated rings. The molecule has 0 radical (unpaired) electrons. The molecule has 1 unspecified atom stereocenters. The minimum atomic E-state index is 0.463. The molecule has 1 N–H and O–H groups in total. The van der Waals surface area contributed by atoms with Crippen LogP contribution in [0.3, 0.4) is 0 Å². The number of hydrogen-bond acceptors (Lipinski definition) is 2. The van der Waals surface area contributed by atoms with Crippen molar-refractivity contribution in [3.05, 3.63) is 0 Å². The predicted octanol–water partition coefficient (Wildman–Crippen LogP) is 2.93. The number of nitrogens with one attached hydrogen (secondary N) is 1. The van der Waals surface area contributed by atoms with E-state index in [9.17, 15) is 0 Å². The van der Waals surface area contributed by atoms with Crippen molar-refractivity contribution in [3.8, 4) is 0 Å². The summed E-state index contributed by atoms with van der Waals surface area (Å²) in [5.41, 5.74) is 0. The van der Waals surface area contributed by atoms with E-state index in [4.69, 9.17) is 4.74 Å². The van der Waals surface area contributed by atoms with Gasteiger partial charge in [0, 0.05) is 12.6 Å². The summed E-state index contributed by atoms with van der Waals surface area (Å²) in [7, 11) is 0. The molecule has 0 rings (SSSR count). The Morgan fingerprint density at radius 3 is 1.93 bits per heavy atom. The van der Waals surface area contributed by atoms with Crippen molar-refractivity contribution in [3.63, 3.8) is 0 Å². The lowest BCUT2D eigenvalue weighted by Gasteiger charge is -2.27. The van der Waals surface area contributed by atoms with Crippen LogP contribution in [0.4, 0.5) is 0 Å². The van der Waals surface area contributed by atoms with Crippen molar-refractivity contribution in [2.75, 3.05) is 19.8 Å². The van der Waals surface area contributed by atoms with Gasteiger partial charge in [-0.1, -0.05) is 27.7 Å². The predicted molar refractivity (Wildman–Crippen MR) is 67.1 cm³/mol. The molecule has 0 saturated heterocycles. The molecule has 0 amide bonds. The Labute approximate surface area is 95.8 Å². The summed E-state index contributed by atoms with van der Waals surface area (Å²) in [6.45, 7) is 16.2. The van der Waals surface area contributed by atoms with Crippen LogP contribution in [-0.4, -0.2) is 25.8 Å².